The molecule has 1 aliphatic carbocycles. The second-order valence-electron chi connectivity index (χ2n) is 3.37. The van der Waals surface area contributed by atoms with Crippen LogP contribution in [0, 0.1) is 0 Å². The molecule has 0 aromatic rings. The number of aliphatic carboxylic acids is 1. The number of nitrogens with zero attached hydrogens (tertiary/aromatic N) is 1. The van der Waals surface area contributed by atoms with Gasteiger partial charge in [-0.2, -0.15) is 4.31 Å². The molecule has 0 saturated heterocycles. The van der Waals surface area contributed by atoms with Gasteiger partial charge in [0.1, 0.15) is 6.54 Å². The van der Waals surface area contributed by atoms with Gasteiger partial charge >= 0.3 is 5.97 Å². The molecular weight excluding hydrogens is 224 g/mol. The number of carbonyl (C=O) groups is 2. The van der Waals surface area contributed by atoms with E-state index in [1.807, 2.05) is 0 Å². The summed E-state index contributed by atoms with van der Waals surface area (Å²) in [5.41, 5.74) is 4.85. The van der Waals surface area contributed by atoms with E-state index >= 15 is 0 Å². The first kappa shape index (κ1) is 11.9. The molecule has 0 heterocycles. The number of carbonyl (C=O) groups excluding carboxylic acids is 1. The van der Waals surface area contributed by atoms with Crippen LogP contribution in [0.4, 0.5) is 0 Å². The molecule has 0 aromatic heterocycles. The molecule has 3 N–H and O–H groups in total. The van der Waals surface area contributed by atoms with Crippen LogP contribution in [0.2, 0.25) is 0 Å². The van der Waals surface area contributed by atoms with Gasteiger partial charge in [-0.3, -0.25) is 9.59 Å². The molecule has 1 rings (SSSR count). The Morgan fingerprint density at radius 3 is 2.20 bits per heavy atom. The van der Waals surface area contributed by atoms with E-state index in [4.69, 9.17) is 10.8 Å². The number of primary amides is 1. The lowest BCUT2D eigenvalue weighted by Gasteiger charge is -2.17. The molecule has 0 aliphatic heterocycles. The van der Waals surface area contributed by atoms with Gasteiger partial charge in [0, 0.05) is 0 Å². The quantitative estimate of drug-likeness (QED) is 0.573. The lowest BCUT2D eigenvalue weighted by atomic mass is 10.5. The largest absolute Gasteiger partial charge is 0.480 e. The van der Waals surface area contributed by atoms with E-state index in [-0.39, 0.29) is 0 Å². The fourth-order valence-corrected chi connectivity index (χ4v) is 2.89. The van der Waals surface area contributed by atoms with Crippen molar-refractivity contribution in [2.45, 2.75) is 18.1 Å². The van der Waals surface area contributed by atoms with Crippen molar-refractivity contribution in [3.8, 4) is 0 Å². The van der Waals surface area contributed by atoms with Gasteiger partial charge < -0.3 is 10.8 Å². The molecule has 86 valence electrons. The smallest absolute Gasteiger partial charge is 0.318 e. The lowest BCUT2D eigenvalue weighted by molar-refractivity contribution is -0.137. The summed E-state index contributed by atoms with van der Waals surface area (Å²) in [7, 11) is -3.67. The van der Waals surface area contributed by atoms with Gasteiger partial charge in [-0.15, -0.1) is 0 Å². The summed E-state index contributed by atoms with van der Waals surface area (Å²) in [6, 6.07) is 0. The number of carboxylic acid groups (broad SMARTS) is 1. The Morgan fingerprint density at radius 2 is 1.87 bits per heavy atom. The number of sulfonamides is 1. The maximum Gasteiger partial charge on any atom is 0.318 e. The topological polar surface area (TPSA) is 118 Å². The Kier molecular flexibility index (Phi) is 3.30. The summed E-state index contributed by atoms with van der Waals surface area (Å²) in [5, 5.41) is 7.96. The Morgan fingerprint density at radius 1 is 1.33 bits per heavy atom. The Balaban J connectivity index is 2.79. The van der Waals surface area contributed by atoms with Crippen molar-refractivity contribution in [2.75, 3.05) is 13.1 Å². The zero-order valence-corrected chi connectivity index (χ0v) is 8.74. The van der Waals surface area contributed by atoms with Crippen LogP contribution in [-0.4, -0.2) is 48.0 Å². The molecule has 0 bridgehead atoms. The third kappa shape index (κ3) is 3.17. The van der Waals surface area contributed by atoms with Gasteiger partial charge in [-0.25, -0.2) is 8.42 Å². The molecule has 0 unspecified atom stereocenters. The summed E-state index contributed by atoms with van der Waals surface area (Å²) < 4.78 is 23.9. The molecule has 15 heavy (non-hydrogen) atoms. The van der Waals surface area contributed by atoms with Crippen molar-refractivity contribution in [3.63, 3.8) is 0 Å². The van der Waals surface area contributed by atoms with E-state index in [9.17, 15) is 18.0 Å². The van der Waals surface area contributed by atoms with Crippen molar-refractivity contribution >= 4 is 21.9 Å². The van der Waals surface area contributed by atoms with E-state index in [0.717, 1.165) is 0 Å². The summed E-state index contributed by atoms with van der Waals surface area (Å²) >= 11 is 0. The van der Waals surface area contributed by atoms with Crippen LogP contribution in [0.3, 0.4) is 0 Å². The Hall–Kier alpha value is -1.15. The summed E-state index contributed by atoms with van der Waals surface area (Å²) in [6.07, 6.45) is 1.02. The molecule has 1 amide bonds. The van der Waals surface area contributed by atoms with E-state index in [1.165, 1.54) is 0 Å². The van der Waals surface area contributed by atoms with Crippen molar-refractivity contribution in [1.82, 2.24) is 4.31 Å². The zero-order valence-electron chi connectivity index (χ0n) is 7.92. The number of rotatable bonds is 6. The minimum atomic E-state index is -3.67. The summed E-state index contributed by atoms with van der Waals surface area (Å²) in [5.74, 6) is -2.17. The Bertz CT molecular complexity index is 357. The van der Waals surface area contributed by atoms with Gasteiger partial charge in [-0.05, 0) is 12.8 Å². The number of carboxylic acids is 1. The van der Waals surface area contributed by atoms with Gasteiger partial charge in [0.15, 0.2) is 0 Å². The molecule has 0 atom stereocenters. The number of hydrogen-bond acceptors (Lipinski definition) is 4. The van der Waals surface area contributed by atoms with E-state index < -0.39 is 40.2 Å². The first-order chi connectivity index (χ1) is 6.84. The van der Waals surface area contributed by atoms with Crippen LogP contribution in [-0.2, 0) is 19.6 Å². The van der Waals surface area contributed by atoms with Crippen molar-refractivity contribution in [1.29, 1.82) is 0 Å². The maximum absolute atomic E-state index is 11.6. The molecule has 1 aliphatic rings. The summed E-state index contributed by atoms with van der Waals surface area (Å²) in [4.78, 5) is 21.0. The van der Waals surface area contributed by atoms with Crippen molar-refractivity contribution in [2.24, 2.45) is 5.73 Å². The third-order valence-corrected chi connectivity index (χ3v) is 4.24. The average molecular weight is 236 g/mol. The molecule has 1 fully saturated rings. The van der Waals surface area contributed by atoms with Gasteiger partial charge in [0.2, 0.25) is 15.9 Å². The van der Waals surface area contributed by atoms with Crippen LogP contribution in [0.15, 0.2) is 0 Å². The highest BCUT2D eigenvalue weighted by atomic mass is 32.2. The number of nitrogens with two attached hydrogens (primary N) is 1. The van der Waals surface area contributed by atoms with Gasteiger partial charge in [0.05, 0.1) is 11.8 Å². The Labute approximate surface area is 86.9 Å². The normalized spacial score (nSPS) is 16.6. The maximum atomic E-state index is 11.6. The highest BCUT2D eigenvalue weighted by molar-refractivity contribution is 7.90. The first-order valence-corrected chi connectivity index (χ1v) is 5.83. The molecule has 0 radical (unpaired) electrons. The van der Waals surface area contributed by atoms with Gasteiger partial charge in [0.25, 0.3) is 0 Å². The predicted octanol–water partition coefficient (Wildman–Crippen LogP) is -1.65. The fraction of sp³-hybridized carbons (Fsp3) is 0.714. The third-order valence-electron chi connectivity index (χ3n) is 1.95. The van der Waals surface area contributed by atoms with Crippen LogP contribution in [0.1, 0.15) is 12.8 Å². The predicted molar refractivity (Wildman–Crippen MR) is 50.3 cm³/mol. The monoisotopic (exact) mass is 236 g/mol. The van der Waals surface area contributed by atoms with E-state index in [1.54, 1.807) is 0 Å². The molecule has 8 heteroatoms. The minimum absolute atomic E-state index is 0.511. The minimum Gasteiger partial charge on any atom is -0.480 e. The highest BCUT2D eigenvalue weighted by Crippen LogP contribution is 2.30. The van der Waals surface area contributed by atoms with Crippen molar-refractivity contribution in [3.05, 3.63) is 0 Å². The van der Waals surface area contributed by atoms with Crippen LogP contribution < -0.4 is 5.73 Å². The number of hydrogen-bond donors (Lipinski definition) is 2. The zero-order chi connectivity index (χ0) is 11.6. The van der Waals surface area contributed by atoms with E-state index in [2.05, 4.69) is 0 Å². The van der Waals surface area contributed by atoms with Crippen LogP contribution >= 0.6 is 0 Å². The first-order valence-electron chi connectivity index (χ1n) is 4.33. The summed E-state index contributed by atoms with van der Waals surface area (Å²) in [6.45, 7) is -1.30. The van der Waals surface area contributed by atoms with Gasteiger partial charge in [-0.1, -0.05) is 0 Å². The lowest BCUT2D eigenvalue weighted by Crippen LogP contribution is -2.43. The second kappa shape index (κ2) is 4.15. The van der Waals surface area contributed by atoms with Crippen LogP contribution in [0.5, 0.6) is 0 Å². The fourth-order valence-electron chi connectivity index (χ4n) is 1.14. The van der Waals surface area contributed by atoms with Crippen LogP contribution in [0.25, 0.3) is 0 Å². The number of amides is 1. The highest BCUT2D eigenvalue weighted by Gasteiger charge is 2.41. The average Bonchev–Trinajstić information content (AvgIpc) is 2.82. The molecule has 7 nitrogen and oxygen atoms in total. The second-order valence-corrected chi connectivity index (χ2v) is 5.59. The molecule has 0 spiro atoms. The molecule has 0 aromatic carbocycles. The molecular formula is C7H12N2O5S. The van der Waals surface area contributed by atoms with Crippen molar-refractivity contribution < 1.29 is 23.1 Å². The SMILES string of the molecule is NC(=O)CN(CC(=O)O)S(=O)(=O)C1CC1. The molecule has 1 saturated carbocycles. The van der Waals surface area contributed by atoms with E-state index in [0.29, 0.717) is 17.1 Å². The standard InChI is InChI=1S/C7H12N2O5S/c8-6(10)3-9(4-7(11)12)15(13,14)5-1-2-5/h5H,1-4H2,(H2,8,10)(H,11,12).